The fraction of sp³-hybridized carbons (Fsp3) is 0.364. The van der Waals surface area contributed by atoms with Crippen molar-refractivity contribution in [2.24, 2.45) is 0 Å². The number of nitrogens with zero attached hydrogens (tertiary/aromatic N) is 2. The number of benzene rings is 2. The molecule has 1 spiro atoms. The summed E-state index contributed by atoms with van der Waals surface area (Å²) >= 11 is 1.60. The zero-order valence-corrected chi connectivity index (χ0v) is 18.1. The van der Waals surface area contributed by atoms with E-state index in [2.05, 4.69) is 5.32 Å². The zero-order valence-electron chi connectivity index (χ0n) is 17.3. The van der Waals surface area contributed by atoms with Crippen LogP contribution in [0.25, 0.3) is 0 Å². The maximum atomic E-state index is 13.4. The standard InChI is InChI=1S/C22H20F5N3O2S/c23-17-6-5-16(13-18(17)24)28-20(32)29-9-7-21(8-10-29)30(11-12-33-21)19(31)14-1-3-15(4-2-14)22(25,26)27/h1-6,13H,7-12H2,(H,28,32). The number of nitrogens with one attached hydrogen (secondary N) is 1. The smallest absolute Gasteiger partial charge is 0.324 e. The zero-order chi connectivity index (χ0) is 23.8. The first-order valence-corrected chi connectivity index (χ1v) is 11.2. The van der Waals surface area contributed by atoms with Gasteiger partial charge in [-0.25, -0.2) is 13.6 Å². The molecule has 176 valence electrons. The second-order valence-electron chi connectivity index (χ2n) is 7.87. The van der Waals surface area contributed by atoms with Crippen molar-refractivity contribution >= 4 is 29.4 Å². The van der Waals surface area contributed by atoms with Gasteiger partial charge in [0.25, 0.3) is 5.91 Å². The number of rotatable bonds is 2. The van der Waals surface area contributed by atoms with Crippen LogP contribution in [0.2, 0.25) is 0 Å². The normalized spacial score (nSPS) is 18.0. The largest absolute Gasteiger partial charge is 0.416 e. The Morgan fingerprint density at radius 3 is 2.21 bits per heavy atom. The van der Waals surface area contributed by atoms with E-state index in [0.29, 0.717) is 38.2 Å². The highest BCUT2D eigenvalue weighted by molar-refractivity contribution is 8.00. The summed E-state index contributed by atoms with van der Waals surface area (Å²) < 4.78 is 64.9. The first-order valence-electron chi connectivity index (χ1n) is 10.2. The van der Waals surface area contributed by atoms with Gasteiger partial charge in [-0.2, -0.15) is 13.2 Å². The summed E-state index contributed by atoms with van der Waals surface area (Å²) in [6.45, 7) is 1.13. The number of urea groups is 1. The van der Waals surface area contributed by atoms with Gasteiger partial charge in [0.05, 0.1) is 10.4 Å². The Bertz CT molecular complexity index is 1050. The second-order valence-corrected chi connectivity index (χ2v) is 9.33. The van der Waals surface area contributed by atoms with Crippen molar-refractivity contribution in [2.45, 2.75) is 23.9 Å². The number of amides is 3. The number of piperidine rings is 1. The number of carbonyl (C=O) groups excluding carboxylic acids is 2. The maximum Gasteiger partial charge on any atom is 0.416 e. The van der Waals surface area contributed by atoms with Gasteiger partial charge < -0.3 is 15.1 Å². The third-order valence-electron chi connectivity index (χ3n) is 5.88. The van der Waals surface area contributed by atoms with E-state index in [1.165, 1.54) is 23.1 Å². The fourth-order valence-electron chi connectivity index (χ4n) is 4.10. The van der Waals surface area contributed by atoms with Gasteiger partial charge in [-0.3, -0.25) is 4.79 Å². The molecule has 2 aromatic carbocycles. The van der Waals surface area contributed by atoms with Crippen LogP contribution in [0, 0.1) is 11.6 Å². The van der Waals surface area contributed by atoms with Crippen LogP contribution in [0.15, 0.2) is 42.5 Å². The molecule has 2 aliphatic heterocycles. The molecule has 2 saturated heterocycles. The number of halogens is 5. The quantitative estimate of drug-likeness (QED) is 0.596. The van der Waals surface area contributed by atoms with E-state index in [-0.39, 0.29) is 17.2 Å². The Hall–Kier alpha value is -2.82. The summed E-state index contributed by atoms with van der Waals surface area (Å²) in [5, 5.41) is 2.54. The fourth-order valence-corrected chi connectivity index (χ4v) is 5.56. The number of hydrogen-bond donors (Lipinski definition) is 1. The molecule has 2 fully saturated rings. The highest BCUT2D eigenvalue weighted by Gasteiger charge is 2.47. The SMILES string of the molecule is O=C(Nc1ccc(F)c(F)c1)N1CCC2(CC1)SCCN2C(=O)c1ccc(C(F)(F)F)cc1. The number of likely N-dealkylation sites (tertiary alicyclic amines) is 1. The lowest BCUT2D eigenvalue weighted by Gasteiger charge is -2.44. The van der Waals surface area contributed by atoms with Crippen molar-refractivity contribution < 1.29 is 31.5 Å². The minimum absolute atomic E-state index is 0.133. The lowest BCUT2D eigenvalue weighted by atomic mass is 10.0. The van der Waals surface area contributed by atoms with E-state index in [1.807, 2.05) is 0 Å². The van der Waals surface area contributed by atoms with Crippen molar-refractivity contribution in [1.82, 2.24) is 9.80 Å². The molecular weight excluding hydrogens is 465 g/mol. The molecule has 5 nitrogen and oxygen atoms in total. The van der Waals surface area contributed by atoms with Crippen molar-refractivity contribution in [2.75, 3.05) is 30.7 Å². The Morgan fingerprint density at radius 1 is 0.939 bits per heavy atom. The van der Waals surface area contributed by atoms with Crippen LogP contribution in [-0.2, 0) is 6.18 Å². The van der Waals surface area contributed by atoms with E-state index in [4.69, 9.17) is 0 Å². The topological polar surface area (TPSA) is 52.7 Å². The van der Waals surface area contributed by atoms with E-state index in [1.54, 1.807) is 16.7 Å². The molecule has 0 aromatic heterocycles. The average molecular weight is 485 g/mol. The Balaban J connectivity index is 1.40. The van der Waals surface area contributed by atoms with Crippen LogP contribution in [0.3, 0.4) is 0 Å². The third kappa shape index (κ3) is 4.78. The van der Waals surface area contributed by atoms with E-state index < -0.39 is 34.3 Å². The van der Waals surface area contributed by atoms with E-state index >= 15 is 0 Å². The molecule has 2 aliphatic rings. The van der Waals surface area contributed by atoms with Gasteiger partial charge in [0.1, 0.15) is 0 Å². The van der Waals surface area contributed by atoms with Gasteiger partial charge in [-0.05, 0) is 49.2 Å². The van der Waals surface area contributed by atoms with Gasteiger partial charge >= 0.3 is 12.2 Å². The van der Waals surface area contributed by atoms with E-state index in [9.17, 15) is 31.5 Å². The number of thioether (sulfide) groups is 1. The van der Waals surface area contributed by atoms with Gasteiger partial charge in [0.2, 0.25) is 0 Å². The molecule has 1 N–H and O–H groups in total. The van der Waals surface area contributed by atoms with Crippen LogP contribution in [0.5, 0.6) is 0 Å². The van der Waals surface area contributed by atoms with Gasteiger partial charge in [-0.1, -0.05) is 0 Å². The summed E-state index contributed by atoms with van der Waals surface area (Å²) in [5.74, 6) is -1.73. The first-order chi connectivity index (χ1) is 15.6. The molecule has 3 amide bonds. The second kappa shape index (κ2) is 8.85. The summed E-state index contributed by atoms with van der Waals surface area (Å²) in [6, 6.07) is 6.80. The lowest BCUT2D eigenvalue weighted by molar-refractivity contribution is -0.137. The van der Waals surface area contributed by atoms with Gasteiger partial charge in [0.15, 0.2) is 11.6 Å². The van der Waals surface area contributed by atoms with Crippen molar-refractivity contribution in [3.8, 4) is 0 Å². The summed E-state index contributed by atoms with van der Waals surface area (Å²) in [6.07, 6.45) is -3.51. The van der Waals surface area contributed by atoms with Crippen LogP contribution in [0.4, 0.5) is 32.4 Å². The minimum Gasteiger partial charge on any atom is -0.324 e. The van der Waals surface area contributed by atoms with Crippen LogP contribution < -0.4 is 5.32 Å². The molecule has 0 unspecified atom stereocenters. The molecule has 0 saturated carbocycles. The van der Waals surface area contributed by atoms with Crippen LogP contribution >= 0.6 is 11.8 Å². The molecule has 33 heavy (non-hydrogen) atoms. The van der Waals surface area contributed by atoms with E-state index in [0.717, 1.165) is 24.3 Å². The Morgan fingerprint density at radius 2 is 1.61 bits per heavy atom. The molecule has 11 heteroatoms. The van der Waals surface area contributed by atoms with Crippen molar-refractivity contribution in [1.29, 1.82) is 0 Å². The maximum absolute atomic E-state index is 13.4. The molecule has 2 aromatic rings. The van der Waals surface area contributed by atoms with Gasteiger partial charge in [0, 0.05) is 42.7 Å². The molecule has 4 rings (SSSR count). The lowest BCUT2D eigenvalue weighted by Crippen LogP contribution is -2.54. The number of hydrogen-bond acceptors (Lipinski definition) is 3. The molecule has 0 bridgehead atoms. The summed E-state index contributed by atoms with van der Waals surface area (Å²) in [4.78, 5) is 28.3. The number of carbonyl (C=O) groups is 2. The highest BCUT2D eigenvalue weighted by Crippen LogP contribution is 2.44. The molecule has 0 aliphatic carbocycles. The summed E-state index contributed by atoms with van der Waals surface area (Å²) in [5.41, 5.74) is -0.498. The Labute approximate surface area is 190 Å². The van der Waals surface area contributed by atoms with Crippen LogP contribution in [-0.4, -0.2) is 52.0 Å². The van der Waals surface area contributed by atoms with Crippen molar-refractivity contribution in [3.05, 3.63) is 65.2 Å². The molecular formula is C22H20F5N3O2S. The predicted molar refractivity (Wildman–Crippen MR) is 114 cm³/mol. The monoisotopic (exact) mass is 485 g/mol. The van der Waals surface area contributed by atoms with Gasteiger partial charge in [-0.15, -0.1) is 11.8 Å². The molecule has 0 atom stereocenters. The van der Waals surface area contributed by atoms with Crippen LogP contribution in [0.1, 0.15) is 28.8 Å². The Kier molecular flexibility index (Phi) is 6.26. The third-order valence-corrected chi connectivity index (χ3v) is 7.44. The first kappa shape index (κ1) is 23.3. The highest BCUT2D eigenvalue weighted by atomic mass is 32.2. The van der Waals surface area contributed by atoms with Crippen molar-refractivity contribution in [3.63, 3.8) is 0 Å². The number of anilines is 1. The molecule has 0 radical (unpaired) electrons. The number of alkyl halides is 3. The predicted octanol–water partition coefficient (Wildman–Crippen LogP) is 5.20. The minimum atomic E-state index is -4.47. The summed E-state index contributed by atoms with van der Waals surface area (Å²) in [7, 11) is 0. The molecule has 2 heterocycles. The average Bonchev–Trinajstić information content (AvgIpc) is 3.18.